The van der Waals surface area contributed by atoms with Gasteiger partial charge in [0.25, 0.3) is 17.7 Å². The Morgan fingerprint density at radius 2 is 0.733 bits per heavy atom. The van der Waals surface area contributed by atoms with Crippen molar-refractivity contribution in [3.05, 3.63) is 176 Å². The molecule has 9 aliphatic rings. The summed E-state index contributed by atoms with van der Waals surface area (Å²) in [6.45, 7) is 20.9. The highest BCUT2D eigenvalue weighted by molar-refractivity contribution is 6.38. The molecule has 8 heterocycles. The van der Waals surface area contributed by atoms with Gasteiger partial charge in [-0.2, -0.15) is 26.3 Å². The fraction of sp³-hybridized carbons (Fsp3) is 0.607. The Kier molecular flexibility index (Phi) is 38.2. The largest absolute Gasteiger partial charge is 0.417 e. The van der Waals surface area contributed by atoms with Crippen molar-refractivity contribution >= 4 is 125 Å². The summed E-state index contributed by atoms with van der Waals surface area (Å²) in [5, 5.41) is 22.4. The van der Waals surface area contributed by atoms with Gasteiger partial charge < -0.3 is 53.5 Å². The molecule has 3 aliphatic heterocycles. The van der Waals surface area contributed by atoms with Crippen LogP contribution in [0, 0.1) is 29.6 Å². The number of carbonyl (C=O) groups excluding carboxylic acids is 6. The number of nitrogens with zero attached hydrogens (tertiary/aromatic N) is 8. The number of ketones is 2. The van der Waals surface area contributed by atoms with E-state index in [1.54, 1.807) is 57.5 Å². The number of halogens is 14. The monoisotopic (exact) mass is 2150 g/mol. The second kappa shape index (κ2) is 49.8. The Balaban J connectivity index is 0.000000140. The first-order chi connectivity index (χ1) is 71.2. The molecule has 4 N–H and O–H groups in total. The molecule has 19 nitrogen and oxygen atoms in total. The molecule has 0 bridgehead atoms. The van der Waals surface area contributed by atoms with E-state index in [1.165, 1.54) is 93.8 Å². The van der Waals surface area contributed by atoms with Crippen LogP contribution in [0.25, 0.3) is 54.5 Å². The van der Waals surface area contributed by atoms with Gasteiger partial charge >= 0.3 is 12.4 Å². The average molecular weight is 2150 g/mol. The number of benzene rings is 5. The summed E-state index contributed by atoms with van der Waals surface area (Å²) in [6.07, 6.45) is 24.6. The van der Waals surface area contributed by atoms with Crippen molar-refractivity contribution in [2.24, 2.45) is 29.6 Å². The molecule has 6 aliphatic carbocycles. The molecular weight excluding hydrogens is 2000 g/mol. The van der Waals surface area contributed by atoms with Crippen molar-refractivity contribution in [2.45, 2.75) is 358 Å². The predicted molar refractivity (Wildman–Crippen MR) is 573 cm³/mol. The van der Waals surface area contributed by atoms with Crippen molar-refractivity contribution < 1.29 is 86.9 Å². The van der Waals surface area contributed by atoms with E-state index in [9.17, 15) is 82.2 Å². The van der Waals surface area contributed by atoms with Crippen molar-refractivity contribution in [2.75, 3.05) is 66.1 Å². The van der Waals surface area contributed by atoms with E-state index in [1.807, 2.05) is 58.3 Å². The number of aromatic nitrogens is 5. The van der Waals surface area contributed by atoms with Gasteiger partial charge in [0.05, 0.1) is 72.6 Å². The van der Waals surface area contributed by atoms with Crippen LogP contribution in [0.15, 0.2) is 122 Å². The minimum absolute atomic E-state index is 0.0407. The highest BCUT2D eigenvalue weighted by atomic mass is 35.5. The smallest absolute Gasteiger partial charge is 0.395 e. The lowest BCUT2D eigenvalue weighted by molar-refractivity contribution is -0.137. The molecule has 5 aromatic heterocycles. The number of carbonyl (C=O) groups is 6. The summed E-state index contributed by atoms with van der Waals surface area (Å²) in [7, 11) is 1.52. The number of piperidine rings is 1. The first-order valence-corrected chi connectivity index (χ1v) is 55.8. The number of ether oxygens (including phenoxy) is 1. The third-order valence-electron chi connectivity index (χ3n) is 33.5. The molecule has 2 unspecified atom stereocenters. The molecule has 4 amide bonds. The van der Waals surface area contributed by atoms with E-state index in [0.29, 0.717) is 208 Å². The number of amides is 4. The number of methoxy groups -OCH3 is 1. The minimum Gasteiger partial charge on any atom is -0.395 e. The lowest BCUT2D eigenvalue weighted by Gasteiger charge is -2.31. The summed E-state index contributed by atoms with van der Waals surface area (Å²) in [6, 6.07) is 27.3. The van der Waals surface area contributed by atoms with Crippen LogP contribution in [0.3, 0.4) is 0 Å². The Hall–Kier alpha value is -9.04. The lowest BCUT2D eigenvalue weighted by Crippen LogP contribution is -2.38. The number of Topliss-reactive ketones (excluding diaryl/α,β-unsaturated/α-hetero) is 2. The fourth-order valence-corrected chi connectivity index (χ4v) is 25.0. The Morgan fingerprint density at radius 3 is 1.10 bits per heavy atom. The van der Waals surface area contributed by atoms with Crippen LogP contribution in [0.4, 0.5) is 48.3 Å². The van der Waals surface area contributed by atoms with Gasteiger partial charge in [0.15, 0.2) is 11.6 Å². The molecule has 2 atom stereocenters. The van der Waals surface area contributed by atoms with Gasteiger partial charge in [0.1, 0.15) is 34.9 Å². The van der Waals surface area contributed by atoms with E-state index in [0.717, 1.165) is 130 Å². The zero-order valence-electron chi connectivity index (χ0n) is 88.2. The van der Waals surface area contributed by atoms with Crippen molar-refractivity contribution in [3.63, 3.8) is 0 Å². The normalized spacial score (nSPS) is 25.5. The molecule has 150 heavy (non-hydrogen) atoms. The van der Waals surface area contributed by atoms with E-state index < -0.39 is 51.8 Å². The van der Waals surface area contributed by atoms with Crippen LogP contribution in [0.2, 0.25) is 15.1 Å². The van der Waals surface area contributed by atoms with Crippen LogP contribution >= 0.6 is 34.8 Å². The summed E-state index contributed by atoms with van der Waals surface area (Å²) in [5.74, 6) is 0.522. The third kappa shape index (κ3) is 29.4. The molecule has 33 heteroatoms. The number of aliphatic hydroxyl groups is 1. The number of fused-ring (bicyclic) bond motifs is 5. The van der Waals surface area contributed by atoms with Crippen molar-refractivity contribution in [3.8, 4) is 0 Å². The van der Waals surface area contributed by atoms with Gasteiger partial charge in [-0.25, -0.2) is 22.0 Å². The van der Waals surface area contributed by atoms with Gasteiger partial charge in [0, 0.05) is 183 Å². The van der Waals surface area contributed by atoms with Gasteiger partial charge in [-0.3, -0.25) is 38.6 Å². The molecule has 5 aromatic carbocycles. The maximum Gasteiger partial charge on any atom is 0.417 e. The number of rotatable bonds is 30. The molecule has 0 radical (unpaired) electrons. The molecule has 6 saturated carbocycles. The average Bonchev–Trinajstić information content (AvgIpc) is 1.29. The van der Waals surface area contributed by atoms with Gasteiger partial charge in [-0.15, -0.1) is 0 Å². The maximum absolute atomic E-state index is 14.1. The maximum atomic E-state index is 14.1. The topological polar surface area (TPSA) is 202 Å². The number of nitrogens with one attached hydrogen (secondary N) is 3. The van der Waals surface area contributed by atoms with Crippen LogP contribution in [0.5, 0.6) is 0 Å². The summed E-state index contributed by atoms with van der Waals surface area (Å²) >= 11 is 19.6. The van der Waals surface area contributed by atoms with Gasteiger partial charge in [-0.05, 0) is 351 Å². The van der Waals surface area contributed by atoms with Gasteiger partial charge in [0.2, 0.25) is 5.91 Å². The van der Waals surface area contributed by atoms with E-state index >= 15 is 0 Å². The molecule has 3 saturated heterocycles. The molecule has 0 spiro atoms. The first-order valence-electron chi connectivity index (χ1n) is 54.7. The summed E-state index contributed by atoms with van der Waals surface area (Å²) in [5.41, 5.74) is -1.67. The second-order valence-electron chi connectivity index (χ2n) is 45.7. The Labute approximate surface area is 889 Å². The first kappa shape index (κ1) is 115. The SMILES string of the molecule is CC(C)N1CCCC1Cn1cc(C(=O)NCC2CCC(C)(F)CC2)c2c(Cl)cccc21.CC1(F)CCC(CCC(=O)c2cn(CCO)c3cccc(C(F)(F)F)c23)CC1.CC1(F)CCC(CNC(=O)c2cn(CC(=O)N3CCCCC3)c3cccc(Cl)c23)CC1.CC1(F)CCC(CNC(=O)c2cn(CC3CCCN3C3CC3)c3cccc(Cl)c23)CC1.COCCn1cc(C(=O)CCC2CCC(C)(F)CC2)c2c(C(F)(F)F)cccc21. The zero-order chi connectivity index (χ0) is 108. The number of alkyl halides is 11. The van der Waals surface area contributed by atoms with E-state index in [-0.39, 0.29) is 113 Å². The van der Waals surface area contributed by atoms with Crippen LogP contribution in [-0.4, -0.2) is 196 Å². The van der Waals surface area contributed by atoms with Crippen molar-refractivity contribution in [1.82, 2.24) is 53.5 Å². The molecule has 19 rings (SSSR count). The van der Waals surface area contributed by atoms with E-state index in [2.05, 4.69) is 60.9 Å². The molecule has 820 valence electrons. The summed E-state index contributed by atoms with van der Waals surface area (Å²) < 4.78 is 166. The van der Waals surface area contributed by atoms with Crippen LogP contribution in [-0.2, 0) is 54.6 Å². The number of hydrogen-bond donors (Lipinski definition) is 4. The fourth-order valence-electron chi connectivity index (χ4n) is 24.2. The Bertz CT molecular complexity index is 6150. The second-order valence-corrected chi connectivity index (χ2v) is 46.9. The molecule has 9 fully saturated rings. The van der Waals surface area contributed by atoms with Crippen LogP contribution in [0.1, 0.15) is 323 Å². The highest BCUT2D eigenvalue weighted by Crippen LogP contribution is 2.47. The highest BCUT2D eigenvalue weighted by Gasteiger charge is 2.43. The number of likely N-dealkylation sites (tertiary alicyclic amines) is 3. The molecule has 10 aromatic rings. The Morgan fingerprint density at radius 1 is 0.400 bits per heavy atom. The standard InChI is InChI=1S/C25H33ClFN3O.C25H35ClFN3O.C24H31ClFN3O2.C22H27F4NO2.C21H25F4NO2/c1-25(27)11-9-17(10-12-25)14-28-24(31)20-16-29(22-6-2-5-21(26)23(20)22)15-19-4-3-13-30(19)18-7-8-18;1-17(2)30-13-5-6-19(30)15-29-16-20(23-21(26)7-4-8-22(23)29)24(31)28-14-18-9-11-25(3,27)12-10-18;1-24(26)10-8-17(9-11-24)14-27-23(31)18-15-29(20-7-5-6-19(25)22(18)20)16-21(30)28-12-3-2-4-13-28;1-21(23)10-8-15(9-11-21)6-7-19(28)16-14-27(12-13-29-2)18-5-3-4-17(20(16)18)22(24,25)26;1-20(22)9-7-14(8-10-20)5-6-18(28)15-13-26(11-12-27)17-4-2-3-16(19(15)17)21(23,24)25/h2,5-6,16-19H,3-4,7-15H2,1H3,(H,28,31);4,7-8,16-19H,5-6,9-15H2,1-3H3,(H,28,31);5-7,15,17H,2-4,8-14,16H2,1H3,(H,27,31);3-5,14-15H,6-13H2,1-2H3;2-4,13-14,27H,5-12H2,1H3. The lowest BCUT2D eigenvalue weighted by atomic mass is 9.79. The predicted octanol–water partition coefficient (Wildman–Crippen LogP) is 28.1. The molecular formula is C117H151Cl3F11N11O8. The quantitative estimate of drug-likeness (QED) is 0.0248. The minimum atomic E-state index is -4.57. The van der Waals surface area contributed by atoms with Gasteiger partial charge in [-0.1, -0.05) is 65.1 Å². The number of hydrogen-bond acceptors (Lipinski definition) is 10. The van der Waals surface area contributed by atoms with E-state index in [4.69, 9.17) is 39.5 Å². The van der Waals surface area contributed by atoms with Crippen LogP contribution < -0.4 is 16.0 Å². The third-order valence-corrected chi connectivity index (χ3v) is 34.5. The van der Waals surface area contributed by atoms with Crippen molar-refractivity contribution in [1.29, 1.82) is 0 Å². The summed E-state index contributed by atoms with van der Waals surface area (Å²) in [4.78, 5) is 85.0. The number of aliphatic hydroxyl groups excluding tert-OH is 1. The zero-order valence-corrected chi connectivity index (χ0v) is 90.4.